The summed E-state index contributed by atoms with van der Waals surface area (Å²) in [4.78, 5) is 22.4. The molecular formula is C13H14Cl2Na2O4. The number of carbonyl (C=O) groups is 2. The molecule has 1 rings (SSSR count). The Labute approximate surface area is 180 Å². The molecule has 0 fully saturated rings. The maximum Gasteiger partial charge on any atom is 1.00 e. The first-order chi connectivity index (χ1) is 8.88. The van der Waals surface area contributed by atoms with Crippen LogP contribution in [-0.4, -0.2) is 23.5 Å². The van der Waals surface area contributed by atoms with Crippen molar-refractivity contribution in [3.63, 3.8) is 0 Å². The SMILES string of the molecule is C=C(CC)C(=O)c1ccc(OCC(=O)O)c(Cl)c1Cl.[H-].[H-].[Na+].[Na+]. The topological polar surface area (TPSA) is 63.6 Å². The van der Waals surface area contributed by atoms with Crippen molar-refractivity contribution < 1.29 is 81.4 Å². The van der Waals surface area contributed by atoms with Gasteiger partial charge in [-0.2, -0.15) is 0 Å². The number of allylic oxidation sites excluding steroid dienone is 1. The van der Waals surface area contributed by atoms with Crippen molar-refractivity contribution in [2.24, 2.45) is 0 Å². The summed E-state index contributed by atoms with van der Waals surface area (Å²) < 4.78 is 4.95. The largest absolute Gasteiger partial charge is 1.00 e. The number of carboxylic acids is 1. The molecule has 1 N–H and O–H groups in total. The normalized spacial score (nSPS) is 9.10. The Balaban J connectivity index is -0.000000451. The summed E-state index contributed by atoms with van der Waals surface area (Å²) in [6.07, 6.45) is 0.504. The van der Waals surface area contributed by atoms with Crippen LogP contribution in [0.25, 0.3) is 0 Å². The van der Waals surface area contributed by atoms with Gasteiger partial charge in [-0.15, -0.1) is 0 Å². The maximum absolute atomic E-state index is 11.9. The minimum Gasteiger partial charge on any atom is -1.00 e. The Kier molecular flexibility index (Phi) is 12.5. The molecule has 106 valence electrons. The Morgan fingerprint density at radius 1 is 1.29 bits per heavy atom. The predicted molar refractivity (Wildman–Crippen MR) is 75.6 cm³/mol. The van der Waals surface area contributed by atoms with Gasteiger partial charge in [0.15, 0.2) is 12.4 Å². The van der Waals surface area contributed by atoms with Gasteiger partial charge in [0.05, 0.1) is 5.02 Å². The Morgan fingerprint density at radius 2 is 1.86 bits per heavy atom. The molecule has 0 aliphatic heterocycles. The average Bonchev–Trinajstić information content (AvgIpc) is 2.38. The van der Waals surface area contributed by atoms with Crippen LogP contribution in [0.15, 0.2) is 24.3 Å². The van der Waals surface area contributed by atoms with E-state index in [1.165, 1.54) is 12.1 Å². The summed E-state index contributed by atoms with van der Waals surface area (Å²) in [5.74, 6) is -1.31. The number of aliphatic carboxylic acids is 1. The van der Waals surface area contributed by atoms with Crippen LogP contribution >= 0.6 is 23.2 Å². The summed E-state index contributed by atoms with van der Waals surface area (Å²) in [6.45, 7) is 4.91. The van der Waals surface area contributed by atoms with Gasteiger partial charge in [-0.25, -0.2) is 4.79 Å². The zero-order chi connectivity index (χ0) is 14.6. The van der Waals surface area contributed by atoms with Crippen LogP contribution in [0.1, 0.15) is 26.6 Å². The van der Waals surface area contributed by atoms with Crippen LogP contribution in [0.3, 0.4) is 0 Å². The maximum atomic E-state index is 11.9. The van der Waals surface area contributed by atoms with Gasteiger partial charge in [0, 0.05) is 5.56 Å². The van der Waals surface area contributed by atoms with E-state index in [4.69, 9.17) is 33.0 Å². The third-order valence-electron chi connectivity index (χ3n) is 2.39. The first-order valence-electron chi connectivity index (χ1n) is 5.43. The minimum absolute atomic E-state index is 0. The molecule has 1 aromatic carbocycles. The number of benzene rings is 1. The second-order valence-corrected chi connectivity index (χ2v) is 4.46. The van der Waals surface area contributed by atoms with Gasteiger partial charge in [0.25, 0.3) is 0 Å². The van der Waals surface area contributed by atoms with Crippen molar-refractivity contribution in [3.8, 4) is 5.75 Å². The molecule has 21 heavy (non-hydrogen) atoms. The van der Waals surface area contributed by atoms with Gasteiger partial charge >= 0.3 is 65.1 Å². The van der Waals surface area contributed by atoms with Crippen LogP contribution < -0.4 is 63.9 Å². The zero-order valence-electron chi connectivity index (χ0n) is 14.2. The minimum atomic E-state index is -1.13. The third kappa shape index (κ3) is 6.63. The average molecular weight is 351 g/mol. The van der Waals surface area contributed by atoms with E-state index in [1.807, 2.05) is 0 Å². The molecular weight excluding hydrogens is 337 g/mol. The Hall–Kier alpha value is 0.480. The van der Waals surface area contributed by atoms with Crippen LogP contribution in [0.2, 0.25) is 10.0 Å². The standard InChI is InChI=1S/C13H12Cl2O4.2Na.2H/c1-3-7(2)13(18)8-4-5-9(12(15)11(8)14)19-6-10(16)17;;;;/h4-5H,2-3,6H2,1H3,(H,16,17);;;;/q;2*+1;2*-1. The van der Waals surface area contributed by atoms with Crippen molar-refractivity contribution >= 4 is 35.0 Å². The van der Waals surface area contributed by atoms with Crippen molar-refractivity contribution in [1.29, 1.82) is 0 Å². The van der Waals surface area contributed by atoms with Gasteiger partial charge in [-0.05, 0) is 24.1 Å². The fourth-order valence-corrected chi connectivity index (χ4v) is 1.77. The summed E-state index contributed by atoms with van der Waals surface area (Å²) in [5.41, 5.74) is 0.637. The Morgan fingerprint density at radius 3 is 2.33 bits per heavy atom. The molecule has 0 bridgehead atoms. The molecule has 0 amide bonds. The van der Waals surface area contributed by atoms with Gasteiger partial charge in [0.1, 0.15) is 10.8 Å². The van der Waals surface area contributed by atoms with E-state index in [9.17, 15) is 9.59 Å². The number of ketones is 1. The number of halogens is 2. The molecule has 0 heterocycles. The van der Waals surface area contributed by atoms with E-state index >= 15 is 0 Å². The van der Waals surface area contributed by atoms with Crippen molar-refractivity contribution in [1.82, 2.24) is 0 Å². The van der Waals surface area contributed by atoms with E-state index in [-0.39, 0.29) is 89.1 Å². The van der Waals surface area contributed by atoms with Crippen LogP contribution in [-0.2, 0) is 4.79 Å². The fraction of sp³-hybridized carbons (Fsp3) is 0.231. The summed E-state index contributed by atoms with van der Waals surface area (Å²) in [5, 5.41) is 8.56. The first kappa shape index (κ1) is 23.7. The molecule has 0 unspecified atom stereocenters. The first-order valence-corrected chi connectivity index (χ1v) is 6.19. The molecule has 0 aromatic heterocycles. The zero-order valence-corrected chi connectivity index (χ0v) is 17.7. The third-order valence-corrected chi connectivity index (χ3v) is 3.26. The molecule has 0 atom stereocenters. The number of rotatable bonds is 6. The molecule has 1 aromatic rings. The molecule has 0 saturated carbocycles. The fourth-order valence-electron chi connectivity index (χ4n) is 1.31. The smallest absolute Gasteiger partial charge is 1.00 e. The number of hydrogen-bond acceptors (Lipinski definition) is 3. The molecule has 8 heteroatoms. The second kappa shape index (κ2) is 11.1. The molecule has 0 saturated heterocycles. The van der Waals surface area contributed by atoms with Gasteiger partial charge in [-0.1, -0.05) is 36.7 Å². The second-order valence-electron chi connectivity index (χ2n) is 3.71. The summed E-state index contributed by atoms with van der Waals surface area (Å²) in [7, 11) is 0. The number of ether oxygens (including phenoxy) is 1. The van der Waals surface area contributed by atoms with Crippen molar-refractivity contribution in [3.05, 3.63) is 39.9 Å². The van der Waals surface area contributed by atoms with E-state index in [2.05, 4.69) is 6.58 Å². The molecule has 0 aliphatic rings. The number of carboxylic acid groups (broad SMARTS) is 1. The van der Waals surface area contributed by atoms with Crippen molar-refractivity contribution in [2.75, 3.05) is 6.61 Å². The van der Waals surface area contributed by atoms with E-state index < -0.39 is 12.6 Å². The predicted octanol–water partition coefficient (Wildman–Crippen LogP) is -2.16. The molecule has 0 radical (unpaired) electrons. The van der Waals surface area contributed by atoms with Crippen LogP contribution in [0.4, 0.5) is 0 Å². The Bertz CT molecular complexity index is 557. The van der Waals surface area contributed by atoms with Crippen LogP contribution in [0.5, 0.6) is 5.75 Å². The van der Waals surface area contributed by atoms with Crippen LogP contribution in [0, 0.1) is 0 Å². The molecule has 0 spiro atoms. The van der Waals surface area contributed by atoms with Gasteiger partial charge in [-0.3, -0.25) is 4.79 Å². The summed E-state index contributed by atoms with van der Waals surface area (Å²) >= 11 is 11.9. The number of hydrogen-bond donors (Lipinski definition) is 1. The summed E-state index contributed by atoms with van der Waals surface area (Å²) in [6, 6.07) is 2.85. The van der Waals surface area contributed by atoms with E-state index in [1.54, 1.807) is 6.92 Å². The molecule has 4 nitrogen and oxygen atoms in total. The van der Waals surface area contributed by atoms with Gasteiger partial charge < -0.3 is 12.7 Å². The van der Waals surface area contributed by atoms with E-state index in [0.717, 1.165) is 0 Å². The molecule has 0 aliphatic carbocycles. The monoisotopic (exact) mass is 350 g/mol. The van der Waals surface area contributed by atoms with Crippen molar-refractivity contribution in [2.45, 2.75) is 13.3 Å². The number of Topliss-reactive ketones (excluding diaryl/α,β-unsaturated/α-hetero) is 1. The quantitative estimate of drug-likeness (QED) is 0.360. The van der Waals surface area contributed by atoms with Gasteiger partial charge in [0.2, 0.25) is 0 Å². The number of carbonyl (C=O) groups excluding carboxylic acids is 1. The van der Waals surface area contributed by atoms with E-state index in [0.29, 0.717) is 12.0 Å².